The maximum atomic E-state index is 13.8. The summed E-state index contributed by atoms with van der Waals surface area (Å²) in [6.45, 7) is 1.65. The van der Waals surface area contributed by atoms with Gasteiger partial charge in [0.1, 0.15) is 5.82 Å². The summed E-state index contributed by atoms with van der Waals surface area (Å²) in [5, 5.41) is 2.94. The first kappa shape index (κ1) is 14.7. The van der Waals surface area contributed by atoms with E-state index >= 15 is 0 Å². The van der Waals surface area contributed by atoms with Crippen LogP contribution in [-0.2, 0) is 0 Å². The van der Waals surface area contributed by atoms with E-state index in [1.54, 1.807) is 19.1 Å². The number of fused-ring (bicyclic) bond motifs is 1. The highest BCUT2D eigenvalue weighted by Gasteiger charge is 2.20. The standard InChI is InChI=1S/C16H10BrF2NO2/c1-8-10-3-2-4-11(18)15(10)22-14(8)16(21)20-13-6-5-9(17)7-12(13)19/h2-7H,1H3,(H,20,21). The van der Waals surface area contributed by atoms with Gasteiger partial charge in [0.05, 0.1) is 5.69 Å². The molecule has 3 aromatic rings. The lowest BCUT2D eigenvalue weighted by Crippen LogP contribution is -2.13. The topological polar surface area (TPSA) is 42.2 Å². The van der Waals surface area contributed by atoms with Gasteiger partial charge in [0, 0.05) is 15.4 Å². The fourth-order valence-electron chi connectivity index (χ4n) is 2.20. The minimum Gasteiger partial charge on any atom is -0.448 e. The summed E-state index contributed by atoms with van der Waals surface area (Å²) in [5.41, 5.74) is 0.541. The molecule has 0 aliphatic heterocycles. The van der Waals surface area contributed by atoms with Crippen molar-refractivity contribution in [1.82, 2.24) is 0 Å². The third-order valence-corrected chi connectivity index (χ3v) is 3.79. The minimum atomic E-state index is -0.630. The van der Waals surface area contributed by atoms with Crippen molar-refractivity contribution in [3.8, 4) is 0 Å². The number of anilines is 1. The fourth-order valence-corrected chi connectivity index (χ4v) is 2.53. The van der Waals surface area contributed by atoms with E-state index in [9.17, 15) is 13.6 Å². The number of rotatable bonds is 2. The summed E-state index contributed by atoms with van der Waals surface area (Å²) in [6, 6.07) is 8.71. The molecular formula is C16H10BrF2NO2. The van der Waals surface area contributed by atoms with E-state index in [1.165, 1.54) is 24.3 Å². The zero-order chi connectivity index (χ0) is 15.9. The predicted octanol–water partition coefficient (Wildman–Crippen LogP) is 5.03. The Morgan fingerprint density at radius 2 is 1.95 bits per heavy atom. The summed E-state index contributed by atoms with van der Waals surface area (Å²) in [6.07, 6.45) is 0. The van der Waals surface area contributed by atoms with Gasteiger partial charge in [0.2, 0.25) is 0 Å². The Bertz CT molecular complexity index is 889. The van der Waals surface area contributed by atoms with E-state index < -0.39 is 17.5 Å². The van der Waals surface area contributed by atoms with Gasteiger partial charge in [-0.2, -0.15) is 0 Å². The number of halogens is 3. The lowest BCUT2D eigenvalue weighted by atomic mass is 10.1. The van der Waals surface area contributed by atoms with E-state index in [0.29, 0.717) is 15.4 Å². The second-order valence-corrected chi connectivity index (χ2v) is 5.67. The van der Waals surface area contributed by atoms with E-state index in [4.69, 9.17) is 4.42 Å². The molecule has 6 heteroatoms. The Hall–Kier alpha value is -2.21. The van der Waals surface area contributed by atoms with Gasteiger partial charge >= 0.3 is 0 Å². The van der Waals surface area contributed by atoms with Crippen LogP contribution < -0.4 is 5.32 Å². The molecule has 0 bridgehead atoms. The van der Waals surface area contributed by atoms with Crippen LogP contribution in [0, 0.1) is 18.6 Å². The monoisotopic (exact) mass is 365 g/mol. The molecule has 1 heterocycles. The SMILES string of the molecule is Cc1c(C(=O)Nc2ccc(Br)cc2F)oc2c(F)cccc12. The highest BCUT2D eigenvalue weighted by molar-refractivity contribution is 9.10. The van der Waals surface area contributed by atoms with E-state index in [1.807, 2.05) is 0 Å². The largest absolute Gasteiger partial charge is 0.448 e. The Labute approximate surface area is 133 Å². The molecule has 112 valence electrons. The van der Waals surface area contributed by atoms with Gasteiger partial charge in [0.15, 0.2) is 17.2 Å². The molecule has 0 unspecified atom stereocenters. The van der Waals surface area contributed by atoms with Crippen molar-refractivity contribution in [3.05, 3.63) is 63.8 Å². The molecule has 1 aromatic heterocycles. The number of furan rings is 1. The van der Waals surface area contributed by atoms with Crippen LogP contribution >= 0.6 is 15.9 Å². The maximum Gasteiger partial charge on any atom is 0.291 e. The summed E-state index contributed by atoms with van der Waals surface area (Å²) in [5.74, 6) is -1.80. The molecule has 0 aliphatic carbocycles. The summed E-state index contributed by atoms with van der Waals surface area (Å²) >= 11 is 3.14. The smallest absolute Gasteiger partial charge is 0.291 e. The second-order valence-electron chi connectivity index (χ2n) is 4.75. The maximum absolute atomic E-state index is 13.8. The molecule has 22 heavy (non-hydrogen) atoms. The molecule has 0 saturated carbocycles. The van der Waals surface area contributed by atoms with Gasteiger partial charge in [-0.15, -0.1) is 0 Å². The number of carbonyl (C=O) groups excluding carboxylic acids is 1. The normalized spacial score (nSPS) is 10.9. The Morgan fingerprint density at radius 1 is 1.18 bits per heavy atom. The fraction of sp³-hybridized carbons (Fsp3) is 0.0625. The van der Waals surface area contributed by atoms with Crippen molar-refractivity contribution in [2.24, 2.45) is 0 Å². The van der Waals surface area contributed by atoms with Crippen LogP contribution in [0.2, 0.25) is 0 Å². The third kappa shape index (κ3) is 2.50. The number of carbonyl (C=O) groups is 1. The number of aryl methyl sites for hydroxylation is 1. The van der Waals surface area contributed by atoms with Gasteiger partial charge in [-0.3, -0.25) is 4.79 Å². The van der Waals surface area contributed by atoms with Crippen LogP contribution in [0.25, 0.3) is 11.0 Å². The van der Waals surface area contributed by atoms with Gasteiger partial charge in [-0.25, -0.2) is 8.78 Å². The zero-order valence-electron chi connectivity index (χ0n) is 11.4. The van der Waals surface area contributed by atoms with Crippen LogP contribution in [0.1, 0.15) is 16.1 Å². The van der Waals surface area contributed by atoms with E-state index in [2.05, 4.69) is 21.2 Å². The van der Waals surface area contributed by atoms with Gasteiger partial charge < -0.3 is 9.73 Å². The number of nitrogens with one attached hydrogen (secondary N) is 1. The molecule has 3 nitrogen and oxygen atoms in total. The van der Waals surface area contributed by atoms with Crippen LogP contribution in [0.4, 0.5) is 14.5 Å². The lowest BCUT2D eigenvalue weighted by molar-refractivity contribution is 0.0997. The summed E-state index contributed by atoms with van der Waals surface area (Å²) in [4.78, 5) is 12.2. The molecule has 2 aromatic carbocycles. The zero-order valence-corrected chi connectivity index (χ0v) is 13.0. The number of para-hydroxylation sites is 1. The van der Waals surface area contributed by atoms with Crippen molar-refractivity contribution in [3.63, 3.8) is 0 Å². The van der Waals surface area contributed by atoms with Gasteiger partial charge in [-0.05, 0) is 31.2 Å². The second kappa shape index (κ2) is 5.53. The molecule has 0 radical (unpaired) electrons. The van der Waals surface area contributed by atoms with Crippen molar-refractivity contribution < 1.29 is 18.0 Å². The van der Waals surface area contributed by atoms with E-state index in [0.717, 1.165) is 0 Å². The molecule has 0 atom stereocenters. The number of hydrogen-bond acceptors (Lipinski definition) is 2. The molecule has 0 spiro atoms. The molecule has 3 rings (SSSR count). The molecule has 1 N–H and O–H groups in total. The van der Waals surface area contributed by atoms with Gasteiger partial charge in [0.25, 0.3) is 5.91 Å². The number of benzene rings is 2. The summed E-state index contributed by atoms with van der Waals surface area (Å²) in [7, 11) is 0. The molecule has 0 aliphatic rings. The average Bonchev–Trinajstić information content (AvgIpc) is 2.81. The molecular weight excluding hydrogens is 356 g/mol. The molecule has 0 fully saturated rings. The first-order chi connectivity index (χ1) is 10.5. The van der Waals surface area contributed by atoms with Crippen LogP contribution in [0.3, 0.4) is 0 Å². The highest BCUT2D eigenvalue weighted by Crippen LogP contribution is 2.28. The quantitative estimate of drug-likeness (QED) is 0.691. The van der Waals surface area contributed by atoms with Crippen LogP contribution in [0.15, 0.2) is 45.3 Å². The van der Waals surface area contributed by atoms with Crippen molar-refractivity contribution in [1.29, 1.82) is 0 Å². The van der Waals surface area contributed by atoms with Crippen molar-refractivity contribution in [2.75, 3.05) is 5.32 Å². The van der Waals surface area contributed by atoms with E-state index in [-0.39, 0.29) is 17.0 Å². The predicted molar refractivity (Wildman–Crippen MR) is 83.0 cm³/mol. The molecule has 0 saturated heterocycles. The first-order valence-electron chi connectivity index (χ1n) is 6.41. The Morgan fingerprint density at radius 3 is 2.64 bits per heavy atom. The Balaban J connectivity index is 1.99. The van der Waals surface area contributed by atoms with Crippen molar-refractivity contribution >= 4 is 38.5 Å². The minimum absolute atomic E-state index is 0.0152. The third-order valence-electron chi connectivity index (χ3n) is 3.30. The highest BCUT2D eigenvalue weighted by atomic mass is 79.9. The van der Waals surface area contributed by atoms with Crippen LogP contribution in [0.5, 0.6) is 0 Å². The summed E-state index contributed by atoms with van der Waals surface area (Å²) < 4.78 is 33.3. The number of amides is 1. The Kier molecular flexibility index (Phi) is 3.70. The van der Waals surface area contributed by atoms with Crippen molar-refractivity contribution in [2.45, 2.75) is 6.92 Å². The first-order valence-corrected chi connectivity index (χ1v) is 7.20. The van der Waals surface area contributed by atoms with Gasteiger partial charge in [-0.1, -0.05) is 28.1 Å². The molecule has 1 amide bonds. The number of hydrogen-bond donors (Lipinski definition) is 1. The van der Waals surface area contributed by atoms with Crippen LogP contribution in [-0.4, -0.2) is 5.91 Å². The lowest BCUT2D eigenvalue weighted by Gasteiger charge is -2.05. The average molecular weight is 366 g/mol.